The van der Waals surface area contributed by atoms with E-state index >= 15 is 0 Å². The minimum absolute atomic E-state index is 0.152. The van der Waals surface area contributed by atoms with E-state index in [4.69, 9.17) is 9.47 Å². The number of carbonyl (C=O) groups excluding carboxylic acids is 1. The van der Waals surface area contributed by atoms with Crippen molar-refractivity contribution in [2.45, 2.75) is 45.1 Å². The monoisotopic (exact) mass is 468 g/mol. The van der Waals surface area contributed by atoms with Gasteiger partial charge in [-0.15, -0.1) is 0 Å². The number of fused-ring (bicyclic) bond motifs is 1. The quantitative estimate of drug-likeness (QED) is 0.418. The molecule has 1 aliphatic heterocycles. The zero-order chi connectivity index (χ0) is 24.4. The molecule has 0 saturated heterocycles. The predicted molar refractivity (Wildman–Crippen MR) is 140 cm³/mol. The standard InChI is InChI=1S/C30H32N2O3/c1-4-15-35-27-14-13-21(18-28(27)34-3)30-29-25(31-23-7-5-6-8-24(23)32-30)16-22(17-26(29)33)20-11-9-19(2)10-12-20/h5-14,18,22,30-32H,4,15-17H2,1-3H3/t22-,30+/m0/s1. The van der Waals surface area contributed by atoms with Crippen LogP contribution in [0.5, 0.6) is 11.5 Å². The molecule has 5 rings (SSSR count). The highest BCUT2D eigenvalue weighted by Gasteiger charge is 2.36. The van der Waals surface area contributed by atoms with Gasteiger partial charge in [-0.05, 0) is 61.1 Å². The molecule has 2 atom stereocenters. The number of benzene rings is 3. The second kappa shape index (κ2) is 9.87. The maximum atomic E-state index is 13.7. The van der Waals surface area contributed by atoms with E-state index in [1.54, 1.807) is 7.11 Å². The minimum atomic E-state index is -0.290. The van der Waals surface area contributed by atoms with Crippen molar-refractivity contribution in [3.05, 3.63) is 94.7 Å². The molecule has 3 aromatic carbocycles. The molecule has 0 radical (unpaired) electrons. The molecule has 0 saturated carbocycles. The largest absolute Gasteiger partial charge is 0.493 e. The fourth-order valence-electron chi connectivity index (χ4n) is 5.01. The molecule has 0 unspecified atom stereocenters. The molecule has 3 aromatic rings. The summed E-state index contributed by atoms with van der Waals surface area (Å²) in [4.78, 5) is 13.7. The van der Waals surface area contributed by atoms with Gasteiger partial charge in [-0.3, -0.25) is 4.79 Å². The van der Waals surface area contributed by atoms with Crippen LogP contribution in [0.2, 0.25) is 0 Å². The summed E-state index contributed by atoms with van der Waals surface area (Å²) in [5, 5.41) is 7.25. The number of para-hydroxylation sites is 2. The van der Waals surface area contributed by atoms with E-state index in [9.17, 15) is 4.79 Å². The van der Waals surface area contributed by atoms with Gasteiger partial charge >= 0.3 is 0 Å². The second-order valence-electron chi connectivity index (χ2n) is 9.34. The zero-order valence-corrected chi connectivity index (χ0v) is 20.6. The van der Waals surface area contributed by atoms with Gasteiger partial charge in [-0.1, -0.05) is 55.0 Å². The van der Waals surface area contributed by atoms with Crippen molar-refractivity contribution in [1.29, 1.82) is 0 Å². The third-order valence-corrected chi connectivity index (χ3v) is 6.84. The normalized spacial score (nSPS) is 19.1. The molecule has 0 amide bonds. The highest BCUT2D eigenvalue weighted by atomic mass is 16.5. The summed E-state index contributed by atoms with van der Waals surface area (Å²) in [7, 11) is 1.65. The Hall–Kier alpha value is -3.73. The summed E-state index contributed by atoms with van der Waals surface area (Å²) in [5.41, 5.74) is 7.14. The third-order valence-electron chi connectivity index (χ3n) is 6.84. The number of ketones is 1. The number of Topliss-reactive ketones (excluding diaryl/α,β-unsaturated/α-hetero) is 1. The fraction of sp³-hybridized carbons (Fsp3) is 0.300. The van der Waals surface area contributed by atoms with Gasteiger partial charge in [-0.25, -0.2) is 0 Å². The Balaban J connectivity index is 1.57. The van der Waals surface area contributed by atoms with Gasteiger partial charge < -0.3 is 20.1 Å². The number of allylic oxidation sites excluding steroid dienone is 1. The summed E-state index contributed by atoms with van der Waals surface area (Å²) >= 11 is 0. The average Bonchev–Trinajstić information content (AvgIpc) is 3.04. The summed E-state index contributed by atoms with van der Waals surface area (Å²) < 4.78 is 11.5. The molecule has 180 valence electrons. The van der Waals surface area contributed by atoms with E-state index in [1.165, 1.54) is 11.1 Å². The maximum absolute atomic E-state index is 13.7. The van der Waals surface area contributed by atoms with Crippen LogP contribution in [-0.4, -0.2) is 19.5 Å². The van der Waals surface area contributed by atoms with Crippen molar-refractivity contribution < 1.29 is 14.3 Å². The molecule has 0 aromatic heterocycles. The van der Waals surface area contributed by atoms with Crippen LogP contribution in [0.3, 0.4) is 0 Å². The van der Waals surface area contributed by atoms with E-state index < -0.39 is 0 Å². The summed E-state index contributed by atoms with van der Waals surface area (Å²) in [6.45, 7) is 4.79. The van der Waals surface area contributed by atoms with Crippen molar-refractivity contribution in [2.75, 3.05) is 24.4 Å². The zero-order valence-electron chi connectivity index (χ0n) is 20.6. The molecule has 1 aliphatic carbocycles. The van der Waals surface area contributed by atoms with Crippen molar-refractivity contribution in [3.8, 4) is 11.5 Å². The minimum Gasteiger partial charge on any atom is -0.493 e. The molecule has 35 heavy (non-hydrogen) atoms. The molecule has 0 bridgehead atoms. The number of rotatable bonds is 6. The van der Waals surface area contributed by atoms with Crippen LogP contribution < -0.4 is 20.1 Å². The Bertz CT molecular complexity index is 1260. The van der Waals surface area contributed by atoms with Gasteiger partial charge in [0.2, 0.25) is 0 Å². The smallest absolute Gasteiger partial charge is 0.163 e. The first-order valence-electron chi connectivity index (χ1n) is 12.3. The average molecular weight is 469 g/mol. The first-order valence-corrected chi connectivity index (χ1v) is 12.3. The number of methoxy groups -OCH3 is 1. The van der Waals surface area contributed by atoms with Gasteiger partial charge in [0, 0.05) is 17.7 Å². The van der Waals surface area contributed by atoms with Gasteiger partial charge in [0.1, 0.15) is 0 Å². The topological polar surface area (TPSA) is 59.6 Å². The van der Waals surface area contributed by atoms with Crippen molar-refractivity contribution in [1.82, 2.24) is 0 Å². The van der Waals surface area contributed by atoms with Crippen molar-refractivity contribution in [3.63, 3.8) is 0 Å². The number of nitrogens with one attached hydrogen (secondary N) is 2. The summed E-state index contributed by atoms with van der Waals surface area (Å²) in [6.07, 6.45) is 2.20. The molecule has 2 aliphatic rings. The van der Waals surface area contributed by atoms with E-state index in [1.807, 2.05) is 36.4 Å². The van der Waals surface area contributed by atoms with Gasteiger partial charge in [-0.2, -0.15) is 0 Å². The first-order chi connectivity index (χ1) is 17.1. The molecule has 1 heterocycles. The Kier molecular flexibility index (Phi) is 6.49. The van der Waals surface area contributed by atoms with Crippen LogP contribution in [0.25, 0.3) is 0 Å². The number of ether oxygens (including phenoxy) is 2. The lowest BCUT2D eigenvalue weighted by molar-refractivity contribution is -0.116. The van der Waals surface area contributed by atoms with Crippen LogP contribution in [-0.2, 0) is 4.79 Å². The number of carbonyl (C=O) groups is 1. The highest BCUT2D eigenvalue weighted by molar-refractivity contribution is 6.01. The lowest BCUT2D eigenvalue weighted by Crippen LogP contribution is -2.26. The van der Waals surface area contributed by atoms with Crippen molar-refractivity contribution >= 4 is 17.2 Å². The van der Waals surface area contributed by atoms with Crippen LogP contribution in [0.15, 0.2) is 78.0 Å². The van der Waals surface area contributed by atoms with Gasteiger partial charge in [0.15, 0.2) is 17.3 Å². The van der Waals surface area contributed by atoms with Crippen molar-refractivity contribution in [2.24, 2.45) is 0 Å². The Morgan fingerprint density at radius 3 is 2.40 bits per heavy atom. The van der Waals surface area contributed by atoms with Crippen LogP contribution >= 0.6 is 0 Å². The third kappa shape index (κ3) is 4.63. The molecular formula is C30H32N2O3. The molecule has 5 nitrogen and oxygen atoms in total. The van der Waals surface area contributed by atoms with Gasteiger partial charge in [0.25, 0.3) is 0 Å². The van der Waals surface area contributed by atoms with Crippen LogP contribution in [0, 0.1) is 6.92 Å². The lowest BCUT2D eigenvalue weighted by atomic mass is 9.78. The van der Waals surface area contributed by atoms with E-state index in [0.29, 0.717) is 24.5 Å². The molecule has 0 fully saturated rings. The molecule has 0 spiro atoms. The van der Waals surface area contributed by atoms with Crippen LogP contribution in [0.1, 0.15) is 54.8 Å². The number of hydrogen-bond donors (Lipinski definition) is 2. The molecule has 5 heteroatoms. The van der Waals surface area contributed by atoms with E-state index in [2.05, 4.69) is 54.8 Å². The SMILES string of the molecule is CCCOc1ccc([C@H]2Nc3ccccc3NC3=C2C(=O)C[C@@H](c2ccc(C)cc2)C3)cc1OC. The summed E-state index contributed by atoms with van der Waals surface area (Å²) in [5.74, 6) is 1.71. The molecule has 2 N–H and O–H groups in total. The van der Waals surface area contributed by atoms with E-state index in [-0.39, 0.29) is 17.7 Å². The Labute approximate surface area is 207 Å². The Morgan fingerprint density at radius 1 is 0.914 bits per heavy atom. The second-order valence-corrected chi connectivity index (χ2v) is 9.34. The van der Waals surface area contributed by atoms with Crippen LogP contribution in [0.4, 0.5) is 11.4 Å². The van der Waals surface area contributed by atoms with E-state index in [0.717, 1.165) is 41.1 Å². The maximum Gasteiger partial charge on any atom is 0.163 e. The highest BCUT2D eigenvalue weighted by Crippen LogP contribution is 2.45. The number of anilines is 2. The predicted octanol–water partition coefficient (Wildman–Crippen LogP) is 6.77. The fourth-order valence-corrected chi connectivity index (χ4v) is 5.01. The van der Waals surface area contributed by atoms with Gasteiger partial charge in [0.05, 0.1) is 31.1 Å². The molecular weight excluding hydrogens is 436 g/mol. The summed E-state index contributed by atoms with van der Waals surface area (Å²) in [6, 6.07) is 22.3. The number of aryl methyl sites for hydroxylation is 1. The first kappa shape index (κ1) is 23.0. The number of hydrogen-bond acceptors (Lipinski definition) is 5. The Morgan fingerprint density at radius 2 is 1.66 bits per heavy atom. The lowest BCUT2D eigenvalue weighted by Gasteiger charge is -2.30.